The highest BCUT2D eigenvalue weighted by Crippen LogP contribution is 2.31. The molecule has 18 heavy (non-hydrogen) atoms. The van der Waals surface area contributed by atoms with Crippen molar-refractivity contribution in [2.24, 2.45) is 0 Å². The average Bonchev–Trinajstić information content (AvgIpc) is 2.40. The lowest BCUT2D eigenvalue weighted by atomic mass is 10.3. The van der Waals surface area contributed by atoms with Crippen LogP contribution in [0.1, 0.15) is 5.56 Å². The van der Waals surface area contributed by atoms with Gasteiger partial charge in [0.05, 0.1) is 10.8 Å². The van der Waals surface area contributed by atoms with E-state index < -0.39 is 4.92 Å². The number of hydrogen-bond acceptors (Lipinski definition) is 4. The summed E-state index contributed by atoms with van der Waals surface area (Å²) < 4.78 is 5.46. The number of alkyl halides is 1. The Bertz CT molecular complexity index is 575. The number of pyridine rings is 1. The zero-order valence-corrected chi connectivity index (χ0v) is 10.0. The van der Waals surface area contributed by atoms with Crippen LogP contribution in [0.2, 0.25) is 0 Å². The fourth-order valence-electron chi connectivity index (χ4n) is 1.42. The molecule has 0 unspecified atom stereocenters. The van der Waals surface area contributed by atoms with Gasteiger partial charge >= 0.3 is 5.69 Å². The molecule has 0 saturated carbocycles. The van der Waals surface area contributed by atoms with Crippen LogP contribution in [0.25, 0.3) is 0 Å². The minimum absolute atomic E-state index is 0.108. The van der Waals surface area contributed by atoms with Crippen LogP contribution < -0.4 is 4.74 Å². The SMILES string of the molecule is O=[N+]([O-])c1ccccc1Oc1ncccc1CCl. The highest BCUT2D eigenvalue weighted by atomic mass is 35.5. The highest BCUT2D eigenvalue weighted by Gasteiger charge is 2.16. The van der Waals surface area contributed by atoms with Crippen LogP contribution in [0.4, 0.5) is 5.69 Å². The number of aromatic nitrogens is 1. The maximum Gasteiger partial charge on any atom is 0.311 e. The molecule has 1 aromatic carbocycles. The number of benzene rings is 1. The third-order valence-corrected chi connectivity index (χ3v) is 2.55. The van der Waals surface area contributed by atoms with E-state index in [1.165, 1.54) is 12.1 Å². The summed E-state index contributed by atoms with van der Waals surface area (Å²) in [5.74, 6) is 0.651. The average molecular weight is 265 g/mol. The van der Waals surface area contributed by atoms with Gasteiger partial charge in [0.15, 0.2) is 0 Å². The largest absolute Gasteiger partial charge is 0.431 e. The standard InChI is InChI=1S/C12H9ClN2O3/c13-8-9-4-3-7-14-12(9)18-11-6-2-1-5-10(11)15(16)17/h1-7H,8H2. The molecule has 0 radical (unpaired) electrons. The van der Waals surface area contributed by atoms with Gasteiger partial charge < -0.3 is 4.74 Å². The Hall–Kier alpha value is -2.14. The van der Waals surface area contributed by atoms with Crippen LogP contribution in [-0.2, 0) is 5.88 Å². The fourth-order valence-corrected chi connectivity index (χ4v) is 1.62. The molecule has 6 heteroatoms. The Morgan fingerprint density at radius 2 is 2.06 bits per heavy atom. The molecule has 0 fully saturated rings. The molecule has 0 aliphatic rings. The van der Waals surface area contributed by atoms with E-state index >= 15 is 0 Å². The van der Waals surface area contributed by atoms with Crippen molar-refractivity contribution >= 4 is 17.3 Å². The molecule has 0 saturated heterocycles. The summed E-state index contributed by atoms with van der Waals surface area (Å²) in [4.78, 5) is 14.4. The van der Waals surface area contributed by atoms with Crippen LogP contribution in [0.3, 0.4) is 0 Å². The van der Waals surface area contributed by atoms with E-state index in [2.05, 4.69) is 4.98 Å². The molecule has 0 amide bonds. The van der Waals surface area contributed by atoms with Crippen molar-refractivity contribution in [3.63, 3.8) is 0 Å². The molecule has 92 valence electrons. The van der Waals surface area contributed by atoms with Crippen molar-refractivity contribution in [1.82, 2.24) is 4.98 Å². The second-order valence-corrected chi connectivity index (χ2v) is 3.70. The van der Waals surface area contributed by atoms with E-state index in [4.69, 9.17) is 16.3 Å². The van der Waals surface area contributed by atoms with Crippen molar-refractivity contribution in [3.8, 4) is 11.6 Å². The van der Waals surface area contributed by atoms with E-state index in [9.17, 15) is 10.1 Å². The number of nitro benzene ring substituents is 1. The number of hydrogen-bond donors (Lipinski definition) is 0. The maximum absolute atomic E-state index is 10.8. The number of halogens is 1. The summed E-state index contributed by atoms with van der Waals surface area (Å²) in [6.45, 7) is 0. The minimum atomic E-state index is -0.501. The minimum Gasteiger partial charge on any atom is -0.431 e. The Morgan fingerprint density at radius 1 is 1.28 bits per heavy atom. The van der Waals surface area contributed by atoms with Crippen LogP contribution in [-0.4, -0.2) is 9.91 Å². The molecular weight excluding hydrogens is 256 g/mol. The summed E-state index contributed by atoms with van der Waals surface area (Å²) in [6, 6.07) is 9.61. The Balaban J connectivity index is 2.37. The van der Waals surface area contributed by atoms with Gasteiger partial charge in [-0.25, -0.2) is 4.98 Å². The van der Waals surface area contributed by atoms with Gasteiger partial charge in [0.25, 0.3) is 0 Å². The summed E-state index contributed by atoms with van der Waals surface area (Å²) in [5.41, 5.74) is 0.570. The molecule has 0 aliphatic carbocycles. The van der Waals surface area contributed by atoms with Gasteiger partial charge in [-0.05, 0) is 12.1 Å². The maximum atomic E-state index is 10.8. The lowest BCUT2D eigenvalue weighted by molar-refractivity contribution is -0.385. The van der Waals surface area contributed by atoms with Crippen LogP contribution >= 0.6 is 11.6 Å². The molecule has 2 rings (SSSR count). The fraction of sp³-hybridized carbons (Fsp3) is 0.0833. The smallest absolute Gasteiger partial charge is 0.311 e. The lowest BCUT2D eigenvalue weighted by Crippen LogP contribution is -1.96. The van der Waals surface area contributed by atoms with Gasteiger partial charge in [0.2, 0.25) is 11.6 Å². The molecular formula is C12H9ClN2O3. The first-order valence-corrected chi connectivity index (χ1v) is 5.67. The van der Waals surface area contributed by atoms with Gasteiger partial charge in [-0.1, -0.05) is 18.2 Å². The molecule has 0 N–H and O–H groups in total. The first-order chi connectivity index (χ1) is 8.72. The van der Waals surface area contributed by atoms with Crippen LogP contribution in [0.15, 0.2) is 42.6 Å². The Labute approximate surface area is 108 Å². The van der Waals surface area contributed by atoms with E-state index in [1.807, 2.05) is 0 Å². The van der Waals surface area contributed by atoms with Crippen molar-refractivity contribution in [3.05, 3.63) is 58.3 Å². The molecule has 1 aromatic heterocycles. The monoisotopic (exact) mass is 264 g/mol. The van der Waals surface area contributed by atoms with Gasteiger partial charge in [0, 0.05) is 17.8 Å². The summed E-state index contributed by atoms with van der Waals surface area (Å²) in [6.07, 6.45) is 1.54. The van der Waals surface area contributed by atoms with Gasteiger partial charge in [-0.2, -0.15) is 0 Å². The molecule has 0 spiro atoms. The molecule has 0 bridgehead atoms. The van der Waals surface area contributed by atoms with Crippen molar-refractivity contribution < 1.29 is 9.66 Å². The van der Waals surface area contributed by atoms with Gasteiger partial charge in [-0.3, -0.25) is 10.1 Å². The summed E-state index contributed by atoms with van der Waals surface area (Å²) in [7, 11) is 0. The van der Waals surface area contributed by atoms with Crippen molar-refractivity contribution in [2.75, 3.05) is 0 Å². The Morgan fingerprint density at radius 3 is 2.78 bits per heavy atom. The quantitative estimate of drug-likeness (QED) is 0.481. The van der Waals surface area contributed by atoms with E-state index in [1.54, 1.807) is 30.5 Å². The zero-order chi connectivity index (χ0) is 13.0. The highest BCUT2D eigenvalue weighted by molar-refractivity contribution is 6.17. The van der Waals surface area contributed by atoms with Crippen LogP contribution in [0, 0.1) is 10.1 Å². The number of para-hydroxylation sites is 2. The first-order valence-electron chi connectivity index (χ1n) is 5.13. The third kappa shape index (κ3) is 2.57. The molecule has 0 atom stereocenters. The molecule has 5 nitrogen and oxygen atoms in total. The normalized spacial score (nSPS) is 10.1. The lowest BCUT2D eigenvalue weighted by Gasteiger charge is -2.07. The van der Waals surface area contributed by atoms with Gasteiger partial charge in [-0.15, -0.1) is 11.6 Å². The predicted octanol–water partition coefficient (Wildman–Crippen LogP) is 3.52. The second-order valence-electron chi connectivity index (χ2n) is 3.43. The molecule has 0 aliphatic heterocycles. The van der Waals surface area contributed by atoms with E-state index in [-0.39, 0.29) is 23.2 Å². The molecule has 2 aromatic rings. The topological polar surface area (TPSA) is 65.3 Å². The Kier molecular flexibility index (Phi) is 3.74. The zero-order valence-electron chi connectivity index (χ0n) is 9.25. The van der Waals surface area contributed by atoms with Crippen molar-refractivity contribution in [1.29, 1.82) is 0 Å². The first kappa shape index (κ1) is 12.3. The van der Waals surface area contributed by atoms with Gasteiger partial charge in [0.1, 0.15) is 0 Å². The predicted molar refractivity (Wildman–Crippen MR) is 67.0 cm³/mol. The number of ether oxygens (including phenoxy) is 1. The van der Waals surface area contributed by atoms with E-state index in [0.717, 1.165) is 0 Å². The van der Waals surface area contributed by atoms with Crippen LogP contribution in [0.5, 0.6) is 11.6 Å². The number of rotatable bonds is 4. The third-order valence-electron chi connectivity index (χ3n) is 2.26. The molecule has 1 heterocycles. The van der Waals surface area contributed by atoms with E-state index in [0.29, 0.717) is 5.56 Å². The van der Waals surface area contributed by atoms with Crippen molar-refractivity contribution in [2.45, 2.75) is 5.88 Å². The summed E-state index contributed by atoms with van der Waals surface area (Å²) in [5, 5.41) is 10.8. The summed E-state index contributed by atoms with van der Waals surface area (Å²) >= 11 is 5.75. The number of nitro groups is 1. The second kappa shape index (κ2) is 5.46. The number of nitrogens with zero attached hydrogens (tertiary/aromatic N) is 2.